The zero-order chi connectivity index (χ0) is 14.8. The van der Waals surface area contributed by atoms with E-state index in [-0.39, 0.29) is 11.9 Å². The minimum absolute atomic E-state index is 0.117. The van der Waals surface area contributed by atoms with Crippen LogP contribution in [-0.2, 0) is 9.53 Å². The van der Waals surface area contributed by atoms with E-state index in [1.165, 1.54) is 7.11 Å². The normalized spacial score (nSPS) is 14.7. The maximum absolute atomic E-state index is 12.0. The van der Waals surface area contributed by atoms with Crippen molar-refractivity contribution in [3.05, 3.63) is 65.2 Å². The Morgan fingerprint density at radius 3 is 2.52 bits per heavy atom. The van der Waals surface area contributed by atoms with Gasteiger partial charge < -0.3 is 10.1 Å². The SMILES string of the molecule is COC(=O)c1ccc(C=C2C(=O)Nc3ccccc32)cc1. The van der Waals surface area contributed by atoms with Crippen LogP contribution < -0.4 is 5.32 Å². The van der Waals surface area contributed by atoms with Gasteiger partial charge in [0.1, 0.15) is 0 Å². The number of hydrogen-bond acceptors (Lipinski definition) is 3. The molecule has 0 aromatic heterocycles. The van der Waals surface area contributed by atoms with E-state index < -0.39 is 0 Å². The Balaban J connectivity index is 1.95. The highest BCUT2D eigenvalue weighted by molar-refractivity contribution is 6.34. The molecule has 2 aromatic rings. The Bertz CT molecular complexity index is 745. The van der Waals surface area contributed by atoms with Gasteiger partial charge in [-0.3, -0.25) is 4.79 Å². The summed E-state index contributed by atoms with van der Waals surface area (Å²) in [5.41, 5.74) is 3.66. The summed E-state index contributed by atoms with van der Waals surface area (Å²) in [5.74, 6) is -0.494. The third-order valence-electron chi connectivity index (χ3n) is 3.35. The number of anilines is 1. The lowest BCUT2D eigenvalue weighted by Gasteiger charge is -2.01. The standard InChI is InChI=1S/C17H13NO3/c1-21-17(20)12-8-6-11(7-9-12)10-14-13-4-2-3-5-15(13)18-16(14)19/h2-10H,1H3,(H,18,19). The Labute approximate surface area is 122 Å². The molecular weight excluding hydrogens is 266 g/mol. The van der Waals surface area contributed by atoms with E-state index in [4.69, 9.17) is 0 Å². The summed E-state index contributed by atoms with van der Waals surface area (Å²) in [4.78, 5) is 23.4. The minimum atomic E-state index is -0.377. The second-order valence-electron chi connectivity index (χ2n) is 4.67. The van der Waals surface area contributed by atoms with E-state index in [1.807, 2.05) is 30.3 Å². The molecule has 3 rings (SSSR count). The van der Waals surface area contributed by atoms with Crippen molar-refractivity contribution in [2.75, 3.05) is 12.4 Å². The van der Waals surface area contributed by atoms with Crippen molar-refractivity contribution in [3.63, 3.8) is 0 Å². The average molecular weight is 279 g/mol. The van der Waals surface area contributed by atoms with Crippen molar-refractivity contribution in [1.29, 1.82) is 0 Å². The molecule has 0 radical (unpaired) electrons. The molecule has 0 aliphatic carbocycles. The Kier molecular flexibility index (Phi) is 3.28. The van der Waals surface area contributed by atoms with E-state index in [2.05, 4.69) is 10.1 Å². The van der Waals surface area contributed by atoms with Crippen LogP contribution in [0.3, 0.4) is 0 Å². The summed E-state index contributed by atoms with van der Waals surface area (Å²) < 4.78 is 4.65. The molecular formula is C17H13NO3. The summed E-state index contributed by atoms with van der Waals surface area (Å²) in [6, 6.07) is 14.5. The maximum Gasteiger partial charge on any atom is 0.337 e. The number of carbonyl (C=O) groups is 2. The number of hydrogen-bond donors (Lipinski definition) is 1. The van der Waals surface area contributed by atoms with Gasteiger partial charge >= 0.3 is 5.97 Å². The van der Waals surface area contributed by atoms with Gasteiger partial charge in [-0.25, -0.2) is 4.79 Å². The van der Waals surface area contributed by atoms with Crippen LogP contribution in [0.15, 0.2) is 48.5 Å². The summed E-state index contributed by atoms with van der Waals surface area (Å²) in [6.07, 6.45) is 1.81. The lowest BCUT2D eigenvalue weighted by molar-refractivity contribution is -0.110. The van der Waals surface area contributed by atoms with Gasteiger partial charge in [0.25, 0.3) is 5.91 Å². The average Bonchev–Trinajstić information content (AvgIpc) is 2.83. The fraction of sp³-hybridized carbons (Fsp3) is 0.0588. The zero-order valence-electron chi connectivity index (χ0n) is 11.4. The fourth-order valence-corrected chi connectivity index (χ4v) is 2.28. The van der Waals surface area contributed by atoms with Gasteiger partial charge in [0.05, 0.1) is 12.7 Å². The first-order valence-corrected chi connectivity index (χ1v) is 6.50. The highest BCUT2D eigenvalue weighted by Gasteiger charge is 2.23. The molecule has 1 aliphatic heterocycles. The van der Waals surface area contributed by atoms with E-state index >= 15 is 0 Å². The second-order valence-corrected chi connectivity index (χ2v) is 4.67. The number of para-hydroxylation sites is 1. The first-order valence-electron chi connectivity index (χ1n) is 6.50. The minimum Gasteiger partial charge on any atom is -0.465 e. The lowest BCUT2D eigenvalue weighted by Crippen LogP contribution is -2.03. The van der Waals surface area contributed by atoms with Crippen molar-refractivity contribution in [3.8, 4) is 0 Å². The number of nitrogens with one attached hydrogen (secondary N) is 1. The van der Waals surface area contributed by atoms with Gasteiger partial charge in [-0.05, 0) is 29.8 Å². The Hall–Kier alpha value is -2.88. The third-order valence-corrected chi connectivity index (χ3v) is 3.35. The highest BCUT2D eigenvalue weighted by Crippen LogP contribution is 2.32. The number of benzene rings is 2. The summed E-state index contributed by atoms with van der Waals surface area (Å²) in [6.45, 7) is 0. The fourth-order valence-electron chi connectivity index (χ4n) is 2.28. The molecule has 1 N–H and O–H groups in total. The quantitative estimate of drug-likeness (QED) is 0.679. The molecule has 0 saturated heterocycles. The number of methoxy groups -OCH3 is 1. The van der Waals surface area contributed by atoms with Crippen LogP contribution in [0, 0.1) is 0 Å². The van der Waals surface area contributed by atoms with Crippen molar-refractivity contribution >= 4 is 29.2 Å². The van der Waals surface area contributed by atoms with Gasteiger partial charge in [-0.15, -0.1) is 0 Å². The zero-order valence-corrected chi connectivity index (χ0v) is 11.4. The molecule has 0 atom stereocenters. The van der Waals surface area contributed by atoms with Crippen LogP contribution in [0.4, 0.5) is 5.69 Å². The number of amides is 1. The first-order chi connectivity index (χ1) is 10.2. The number of carbonyl (C=O) groups excluding carboxylic acids is 2. The Morgan fingerprint density at radius 1 is 1.10 bits per heavy atom. The molecule has 1 heterocycles. The molecule has 21 heavy (non-hydrogen) atoms. The molecule has 2 aromatic carbocycles. The van der Waals surface area contributed by atoms with E-state index in [9.17, 15) is 9.59 Å². The van der Waals surface area contributed by atoms with Gasteiger partial charge in [-0.2, -0.15) is 0 Å². The van der Waals surface area contributed by atoms with Gasteiger partial charge in [0.2, 0.25) is 0 Å². The van der Waals surface area contributed by atoms with Crippen molar-refractivity contribution in [1.82, 2.24) is 0 Å². The van der Waals surface area contributed by atoms with Crippen LogP contribution in [-0.4, -0.2) is 19.0 Å². The van der Waals surface area contributed by atoms with Crippen LogP contribution in [0.2, 0.25) is 0 Å². The molecule has 4 nitrogen and oxygen atoms in total. The molecule has 0 saturated carbocycles. The van der Waals surface area contributed by atoms with Gasteiger partial charge in [-0.1, -0.05) is 30.3 Å². The van der Waals surface area contributed by atoms with Crippen molar-refractivity contribution in [2.24, 2.45) is 0 Å². The number of ether oxygens (including phenoxy) is 1. The molecule has 104 valence electrons. The smallest absolute Gasteiger partial charge is 0.337 e. The molecule has 0 spiro atoms. The van der Waals surface area contributed by atoms with Crippen LogP contribution in [0.25, 0.3) is 11.6 Å². The summed E-state index contributed by atoms with van der Waals surface area (Å²) >= 11 is 0. The second kappa shape index (κ2) is 5.25. The highest BCUT2D eigenvalue weighted by atomic mass is 16.5. The van der Waals surface area contributed by atoms with Gasteiger partial charge in [0, 0.05) is 16.8 Å². The topological polar surface area (TPSA) is 55.4 Å². The molecule has 0 bridgehead atoms. The maximum atomic E-state index is 12.0. The first kappa shape index (κ1) is 13.1. The molecule has 1 aliphatic rings. The predicted molar refractivity (Wildman–Crippen MR) is 80.7 cm³/mol. The van der Waals surface area contributed by atoms with Crippen molar-refractivity contribution < 1.29 is 14.3 Å². The summed E-state index contributed by atoms with van der Waals surface area (Å²) in [7, 11) is 1.35. The lowest BCUT2D eigenvalue weighted by atomic mass is 10.0. The summed E-state index contributed by atoms with van der Waals surface area (Å²) in [5, 5.41) is 2.83. The van der Waals surface area contributed by atoms with Crippen molar-refractivity contribution in [2.45, 2.75) is 0 Å². The number of fused-ring (bicyclic) bond motifs is 1. The van der Waals surface area contributed by atoms with E-state index in [1.54, 1.807) is 24.3 Å². The largest absolute Gasteiger partial charge is 0.465 e. The number of rotatable bonds is 2. The van der Waals surface area contributed by atoms with Gasteiger partial charge in [0.15, 0.2) is 0 Å². The Morgan fingerprint density at radius 2 is 1.81 bits per heavy atom. The van der Waals surface area contributed by atoms with E-state index in [0.717, 1.165) is 16.8 Å². The van der Waals surface area contributed by atoms with Crippen LogP contribution in [0.1, 0.15) is 21.5 Å². The van der Waals surface area contributed by atoms with Crippen LogP contribution in [0.5, 0.6) is 0 Å². The molecule has 0 unspecified atom stereocenters. The third kappa shape index (κ3) is 2.43. The number of esters is 1. The predicted octanol–water partition coefficient (Wildman–Crippen LogP) is 2.97. The van der Waals surface area contributed by atoms with E-state index in [0.29, 0.717) is 11.1 Å². The molecule has 0 fully saturated rings. The molecule has 1 amide bonds. The van der Waals surface area contributed by atoms with Crippen LogP contribution >= 0.6 is 0 Å². The molecule has 4 heteroatoms. The monoisotopic (exact) mass is 279 g/mol.